The van der Waals surface area contributed by atoms with Crippen LogP contribution < -0.4 is 0 Å². The number of carbonyl (C=O) groups excluding carboxylic acids is 1. The molecule has 0 saturated heterocycles. The van der Waals surface area contributed by atoms with E-state index >= 15 is 0 Å². The Morgan fingerprint density at radius 3 is 2.68 bits per heavy atom. The van der Waals surface area contributed by atoms with Gasteiger partial charge in [-0.15, -0.1) is 0 Å². The zero-order valence-corrected chi connectivity index (χ0v) is 15.4. The largest absolute Gasteiger partial charge is 0.394 e. The quantitative estimate of drug-likeness (QED) is 0.716. The summed E-state index contributed by atoms with van der Waals surface area (Å²) < 4.78 is 0. The first kappa shape index (κ1) is 17.7. The summed E-state index contributed by atoms with van der Waals surface area (Å²) in [6.07, 6.45) is 7.05. The summed E-state index contributed by atoms with van der Waals surface area (Å²) >= 11 is 0. The normalized spacial score (nSPS) is 50.5. The first-order valence-corrected chi connectivity index (χ1v) is 10.0. The average Bonchev–Trinajstić information content (AvgIpc) is 2.89. The maximum absolute atomic E-state index is 12.0. The lowest BCUT2D eigenvalue weighted by molar-refractivity contribution is -0.129. The van der Waals surface area contributed by atoms with E-state index in [2.05, 4.69) is 13.8 Å². The van der Waals surface area contributed by atoms with Crippen molar-refractivity contribution in [2.24, 2.45) is 34.5 Å². The summed E-state index contributed by atoms with van der Waals surface area (Å²) in [5.74, 6) is 1.38. The van der Waals surface area contributed by atoms with E-state index in [1.165, 1.54) is 5.57 Å². The number of aliphatic hydroxyl groups excluding tert-OH is 3. The maximum atomic E-state index is 12.0. The smallest absolute Gasteiger partial charge is 0.155 e. The molecule has 3 N–H and O–H groups in total. The van der Waals surface area contributed by atoms with Crippen LogP contribution in [-0.2, 0) is 4.79 Å². The van der Waals surface area contributed by atoms with Crippen molar-refractivity contribution in [2.75, 3.05) is 6.61 Å². The van der Waals surface area contributed by atoms with Crippen LogP contribution >= 0.6 is 0 Å². The highest BCUT2D eigenvalue weighted by atomic mass is 16.3. The first-order chi connectivity index (χ1) is 11.8. The topological polar surface area (TPSA) is 77.8 Å². The van der Waals surface area contributed by atoms with Crippen LogP contribution in [0.5, 0.6) is 0 Å². The van der Waals surface area contributed by atoms with Crippen molar-refractivity contribution in [3.05, 3.63) is 11.6 Å². The zero-order chi connectivity index (χ0) is 18.0. The highest BCUT2D eigenvalue weighted by Crippen LogP contribution is 2.66. The molecule has 8 atom stereocenters. The fourth-order valence-electron chi connectivity index (χ4n) is 7.12. The van der Waals surface area contributed by atoms with Gasteiger partial charge in [0.15, 0.2) is 5.78 Å². The Morgan fingerprint density at radius 1 is 1.20 bits per heavy atom. The molecule has 0 spiro atoms. The molecule has 0 bridgehead atoms. The monoisotopic (exact) mass is 348 g/mol. The van der Waals surface area contributed by atoms with Crippen molar-refractivity contribution in [1.29, 1.82) is 0 Å². The first-order valence-electron chi connectivity index (χ1n) is 10.0. The molecule has 3 unspecified atom stereocenters. The Bertz CT molecular complexity index is 599. The molecule has 140 valence electrons. The van der Waals surface area contributed by atoms with Crippen LogP contribution in [0, 0.1) is 34.5 Å². The van der Waals surface area contributed by atoms with Gasteiger partial charge in [0.2, 0.25) is 0 Å². The van der Waals surface area contributed by atoms with Crippen molar-refractivity contribution < 1.29 is 20.1 Å². The van der Waals surface area contributed by atoms with Crippen LogP contribution in [0.15, 0.2) is 11.6 Å². The van der Waals surface area contributed by atoms with Gasteiger partial charge in [0, 0.05) is 6.42 Å². The molecule has 4 aliphatic rings. The molecule has 0 aliphatic heterocycles. The number of fused-ring (bicyclic) bond motifs is 5. The number of hydrogen-bond acceptors (Lipinski definition) is 4. The Hall–Kier alpha value is -0.710. The van der Waals surface area contributed by atoms with E-state index in [-0.39, 0.29) is 35.2 Å². The number of carbonyl (C=O) groups is 1. The van der Waals surface area contributed by atoms with Crippen molar-refractivity contribution in [3.63, 3.8) is 0 Å². The molecule has 25 heavy (non-hydrogen) atoms. The molecular weight excluding hydrogens is 316 g/mol. The average molecular weight is 348 g/mol. The van der Waals surface area contributed by atoms with Crippen molar-refractivity contribution >= 4 is 5.78 Å². The Labute approximate surface area is 150 Å². The van der Waals surface area contributed by atoms with E-state index in [1.807, 2.05) is 6.08 Å². The molecule has 3 fully saturated rings. The van der Waals surface area contributed by atoms with E-state index < -0.39 is 6.10 Å². The third-order valence-electron chi connectivity index (χ3n) is 8.69. The van der Waals surface area contributed by atoms with Gasteiger partial charge in [-0.3, -0.25) is 4.79 Å². The molecule has 4 heteroatoms. The van der Waals surface area contributed by atoms with Gasteiger partial charge in [-0.1, -0.05) is 19.4 Å². The minimum absolute atomic E-state index is 0.00449. The van der Waals surface area contributed by atoms with Crippen LogP contribution in [0.3, 0.4) is 0 Å². The van der Waals surface area contributed by atoms with Crippen LogP contribution in [0.25, 0.3) is 0 Å². The van der Waals surface area contributed by atoms with E-state index in [0.717, 1.165) is 32.1 Å². The number of ketones is 1. The fraction of sp³-hybridized carbons (Fsp3) is 0.857. The van der Waals surface area contributed by atoms with Gasteiger partial charge in [-0.2, -0.15) is 0 Å². The van der Waals surface area contributed by atoms with Crippen LogP contribution in [0.2, 0.25) is 0 Å². The second kappa shape index (κ2) is 5.90. The zero-order valence-electron chi connectivity index (χ0n) is 15.4. The third kappa shape index (κ3) is 2.40. The highest BCUT2D eigenvalue weighted by Gasteiger charge is 2.61. The van der Waals surface area contributed by atoms with Gasteiger partial charge in [-0.05, 0) is 79.1 Å². The second-order valence-electron chi connectivity index (χ2n) is 9.60. The van der Waals surface area contributed by atoms with E-state index in [4.69, 9.17) is 0 Å². The summed E-state index contributed by atoms with van der Waals surface area (Å²) in [5.41, 5.74) is 1.18. The number of rotatable bonds is 2. The number of aliphatic hydroxyl groups is 3. The van der Waals surface area contributed by atoms with Crippen molar-refractivity contribution in [2.45, 2.75) is 71.0 Å². The molecular formula is C21H32O4. The van der Waals surface area contributed by atoms with E-state index in [0.29, 0.717) is 30.6 Å². The predicted molar refractivity (Wildman–Crippen MR) is 94.7 cm³/mol. The molecule has 3 saturated carbocycles. The number of hydrogen-bond donors (Lipinski definition) is 3. The molecule has 4 aliphatic carbocycles. The van der Waals surface area contributed by atoms with Crippen LogP contribution in [0.4, 0.5) is 0 Å². The summed E-state index contributed by atoms with van der Waals surface area (Å²) in [5, 5.41) is 30.9. The Morgan fingerprint density at radius 2 is 1.96 bits per heavy atom. The molecule has 4 rings (SSSR count). The summed E-state index contributed by atoms with van der Waals surface area (Å²) in [7, 11) is 0. The summed E-state index contributed by atoms with van der Waals surface area (Å²) in [4.78, 5) is 12.0. The number of allylic oxidation sites excluding steroid dienone is 1. The Balaban J connectivity index is 1.78. The van der Waals surface area contributed by atoms with E-state index in [1.54, 1.807) is 0 Å². The van der Waals surface area contributed by atoms with E-state index in [9.17, 15) is 20.1 Å². The second-order valence-corrected chi connectivity index (χ2v) is 9.60. The lowest BCUT2D eigenvalue weighted by atomic mass is 9.44. The Kier molecular flexibility index (Phi) is 4.17. The van der Waals surface area contributed by atoms with Crippen LogP contribution in [-0.4, -0.2) is 39.9 Å². The molecule has 0 aromatic rings. The lowest BCUT2D eigenvalue weighted by Crippen LogP contribution is -2.56. The standard InChI is InChI=1S/C21H32O4/c1-20-7-5-13(23)9-12(20)10-14(17(24)11-22)19-15-3-4-18(25)21(15,2)8-6-16(19)20/h9,14-19,22,24-25H,3-8,10-11H2,1-2H3/t14?,15-,16+,17?,18?,19-,20-,21-/m0/s1. The van der Waals surface area contributed by atoms with Gasteiger partial charge in [-0.25, -0.2) is 0 Å². The summed E-state index contributed by atoms with van der Waals surface area (Å²) in [6.45, 7) is 4.32. The maximum Gasteiger partial charge on any atom is 0.155 e. The highest BCUT2D eigenvalue weighted by molar-refractivity contribution is 5.91. The lowest BCUT2D eigenvalue weighted by Gasteiger charge is -2.60. The minimum atomic E-state index is -0.741. The summed E-state index contributed by atoms with van der Waals surface area (Å²) in [6, 6.07) is 0. The SMILES string of the molecule is C[C@]12CCC(=O)C=C1CC(C(O)CO)[C@@H]1[C@H]2CC[C@]2(C)C(O)CC[C@@H]12. The van der Waals surface area contributed by atoms with Gasteiger partial charge in [0.05, 0.1) is 18.8 Å². The molecule has 0 amide bonds. The molecule has 0 radical (unpaired) electrons. The van der Waals surface area contributed by atoms with Gasteiger partial charge in [0.25, 0.3) is 0 Å². The van der Waals surface area contributed by atoms with Gasteiger partial charge in [0.1, 0.15) is 0 Å². The fourth-order valence-corrected chi connectivity index (χ4v) is 7.12. The molecule has 0 aromatic heterocycles. The molecule has 0 heterocycles. The van der Waals surface area contributed by atoms with Crippen LogP contribution in [0.1, 0.15) is 58.8 Å². The minimum Gasteiger partial charge on any atom is -0.394 e. The molecule has 4 nitrogen and oxygen atoms in total. The van der Waals surface area contributed by atoms with Crippen molar-refractivity contribution in [3.8, 4) is 0 Å². The molecule has 0 aromatic carbocycles. The van der Waals surface area contributed by atoms with Crippen molar-refractivity contribution in [1.82, 2.24) is 0 Å². The van der Waals surface area contributed by atoms with Gasteiger partial charge >= 0.3 is 0 Å². The predicted octanol–water partition coefficient (Wildman–Crippen LogP) is 2.46. The third-order valence-corrected chi connectivity index (χ3v) is 8.69. The van der Waals surface area contributed by atoms with Gasteiger partial charge < -0.3 is 15.3 Å².